The van der Waals surface area contributed by atoms with Crippen LogP contribution in [-0.2, 0) is 4.79 Å². The molecule has 1 fully saturated rings. The lowest BCUT2D eigenvalue weighted by molar-refractivity contribution is -0.128. The summed E-state index contributed by atoms with van der Waals surface area (Å²) in [6.45, 7) is 3.80. The zero-order chi connectivity index (χ0) is 16.1. The minimum Gasteiger partial charge on any atom is -0.330 e. The lowest BCUT2D eigenvalue weighted by Crippen LogP contribution is -2.49. The molecule has 22 heavy (non-hydrogen) atoms. The average molecular weight is 303 g/mol. The van der Waals surface area contributed by atoms with Crippen LogP contribution in [0.4, 0.5) is 0 Å². The van der Waals surface area contributed by atoms with Crippen LogP contribution in [0.25, 0.3) is 0 Å². The highest BCUT2D eigenvalue weighted by Gasteiger charge is 2.36. The summed E-state index contributed by atoms with van der Waals surface area (Å²) in [5, 5.41) is 0. The first kappa shape index (κ1) is 16.6. The van der Waals surface area contributed by atoms with Gasteiger partial charge in [0.05, 0.1) is 12.2 Å². The molecule has 0 saturated heterocycles. The van der Waals surface area contributed by atoms with Gasteiger partial charge in [0.15, 0.2) is 5.78 Å². The lowest BCUT2D eigenvalue weighted by Gasteiger charge is -2.36. The zero-order valence-corrected chi connectivity index (χ0v) is 13.7. The largest absolute Gasteiger partial charge is 0.330 e. The highest BCUT2D eigenvalue weighted by molar-refractivity contribution is 5.96. The van der Waals surface area contributed by atoms with E-state index in [9.17, 15) is 9.59 Å². The number of aromatic nitrogens is 2. The molecule has 120 valence electrons. The van der Waals surface area contributed by atoms with E-state index in [4.69, 9.17) is 0 Å². The number of likely N-dealkylation sites (N-methyl/N-ethyl adjacent to an activating group) is 1. The van der Waals surface area contributed by atoms with Gasteiger partial charge in [-0.15, -0.1) is 0 Å². The van der Waals surface area contributed by atoms with E-state index >= 15 is 0 Å². The van der Waals surface area contributed by atoms with Crippen LogP contribution in [0.2, 0.25) is 0 Å². The SMILES string of the molecule is CC(C)C(=O)C(C1CCCCC1)N(C)C(=O)c1cnccn1. The highest BCUT2D eigenvalue weighted by atomic mass is 16.2. The Balaban J connectivity index is 2.23. The second-order valence-electron chi connectivity index (χ2n) is 6.41. The van der Waals surface area contributed by atoms with E-state index in [1.165, 1.54) is 25.0 Å². The predicted molar refractivity (Wildman–Crippen MR) is 84.3 cm³/mol. The molecule has 5 heteroatoms. The molecule has 1 aliphatic carbocycles. The van der Waals surface area contributed by atoms with Gasteiger partial charge in [0, 0.05) is 25.4 Å². The maximum absolute atomic E-state index is 12.7. The van der Waals surface area contributed by atoms with Crippen molar-refractivity contribution in [1.82, 2.24) is 14.9 Å². The van der Waals surface area contributed by atoms with Crippen molar-refractivity contribution in [3.63, 3.8) is 0 Å². The summed E-state index contributed by atoms with van der Waals surface area (Å²) in [5.41, 5.74) is 0.294. The fourth-order valence-electron chi connectivity index (χ4n) is 3.25. The molecule has 1 saturated carbocycles. The number of carbonyl (C=O) groups excluding carboxylic acids is 2. The van der Waals surface area contributed by atoms with E-state index in [-0.39, 0.29) is 29.6 Å². The van der Waals surface area contributed by atoms with Crippen LogP contribution >= 0.6 is 0 Å². The Hall–Kier alpha value is -1.78. The Kier molecular flexibility index (Phi) is 5.63. The summed E-state index contributed by atoms with van der Waals surface area (Å²) < 4.78 is 0. The number of hydrogen-bond donors (Lipinski definition) is 0. The quantitative estimate of drug-likeness (QED) is 0.839. The minimum absolute atomic E-state index is 0.0796. The summed E-state index contributed by atoms with van der Waals surface area (Å²) in [4.78, 5) is 34.9. The standard InChI is InChI=1S/C17H25N3O2/c1-12(2)16(21)15(13-7-5-4-6-8-13)20(3)17(22)14-11-18-9-10-19-14/h9-13,15H,4-8H2,1-3H3. The van der Waals surface area contributed by atoms with Crippen molar-refractivity contribution in [2.24, 2.45) is 11.8 Å². The Morgan fingerprint density at radius 1 is 1.18 bits per heavy atom. The van der Waals surface area contributed by atoms with Crippen molar-refractivity contribution < 1.29 is 9.59 Å². The summed E-state index contributed by atoms with van der Waals surface area (Å²) in [6.07, 6.45) is 10.0. The van der Waals surface area contributed by atoms with Crippen molar-refractivity contribution in [2.45, 2.75) is 52.0 Å². The third kappa shape index (κ3) is 3.70. The van der Waals surface area contributed by atoms with E-state index < -0.39 is 0 Å². The van der Waals surface area contributed by atoms with Gasteiger partial charge in [-0.25, -0.2) is 4.98 Å². The number of Topliss-reactive ketones (excluding diaryl/α,β-unsaturated/α-hetero) is 1. The summed E-state index contributed by atoms with van der Waals surface area (Å²) in [5.74, 6) is 0.0996. The van der Waals surface area contributed by atoms with E-state index in [2.05, 4.69) is 9.97 Å². The van der Waals surface area contributed by atoms with Gasteiger partial charge in [-0.05, 0) is 18.8 Å². The molecule has 0 N–H and O–H groups in total. The monoisotopic (exact) mass is 303 g/mol. The summed E-state index contributed by atoms with van der Waals surface area (Å²) in [6, 6.07) is -0.352. The molecule has 0 aliphatic heterocycles. The van der Waals surface area contributed by atoms with Crippen molar-refractivity contribution in [1.29, 1.82) is 0 Å². The number of carbonyl (C=O) groups is 2. The molecule has 0 bridgehead atoms. The second kappa shape index (κ2) is 7.47. The Bertz CT molecular complexity index is 510. The molecule has 1 unspecified atom stereocenters. The van der Waals surface area contributed by atoms with Crippen molar-refractivity contribution in [2.75, 3.05) is 7.05 Å². The Labute approximate surface area is 132 Å². The number of nitrogens with zero attached hydrogens (tertiary/aromatic N) is 3. The Morgan fingerprint density at radius 3 is 2.41 bits per heavy atom. The van der Waals surface area contributed by atoms with Crippen LogP contribution in [0.15, 0.2) is 18.6 Å². The minimum atomic E-state index is -0.352. The predicted octanol–water partition coefficient (Wildman–Crippen LogP) is 2.72. The van der Waals surface area contributed by atoms with Crippen molar-refractivity contribution in [3.8, 4) is 0 Å². The van der Waals surface area contributed by atoms with E-state index in [1.54, 1.807) is 11.9 Å². The molecule has 1 atom stereocenters. The van der Waals surface area contributed by atoms with Crippen LogP contribution in [0.1, 0.15) is 56.4 Å². The molecule has 5 nitrogen and oxygen atoms in total. The summed E-state index contributed by atoms with van der Waals surface area (Å²) in [7, 11) is 1.72. The maximum Gasteiger partial charge on any atom is 0.274 e. The van der Waals surface area contributed by atoms with Crippen LogP contribution in [0, 0.1) is 11.8 Å². The third-order valence-electron chi connectivity index (χ3n) is 4.48. The van der Waals surface area contributed by atoms with Crippen LogP contribution in [0.5, 0.6) is 0 Å². The molecule has 0 aromatic carbocycles. The average Bonchev–Trinajstić information content (AvgIpc) is 2.56. The van der Waals surface area contributed by atoms with Gasteiger partial charge in [-0.1, -0.05) is 33.1 Å². The van der Waals surface area contributed by atoms with Gasteiger partial charge in [0.1, 0.15) is 5.69 Å². The normalized spacial score (nSPS) is 17.3. The van der Waals surface area contributed by atoms with E-state index in [0.717, 1.165) is 25.7 Å². The Morgan fingerprint density at radius 2 is 1.86 bits per heavy atom. The van der Waals surface area contributed by atoms with Gasteiger partial charge < -0.3 is 4.90 Å². The number of amides is 1. The van der Waals surface area contributed by atoms with Gasteiger partial charge in [-0.2, -0.15) is 0 Å². The molecule has 1 aliphatic rings. The van der Waals surface area contributed by atoms with Gasteiger partial charge in [0.25, 0.3) is 5.91 Å². The molecule has 2 rings (SSSR count). The second-order valence-corrected chi connectivity index (χ2v) is 6.41. The maximum atomic E-state index is 12.7. The molecule has 1 aromatic rings. The molecular weight excluding hydrogens is 278 g/mol. The lowest BCUT2D eigenvalue weighted by atomic mass is 9.79. The van der Waals surface area contributed by atoms with E-state index in [0.29, 0.717) is 5.69 Å². The van der Waals surface area contributed by atoms with Gasteiger partial charge in [0.2, 0.25) is 0 Å². The first-order valence-corrected chi connectivity index (χ1v) is 8.09. The number of hydrogen-bond acceptors (Lipinski definition) is 4. The zero-order valence-electron chi connectivity index (χ0n) is 13.7. The molecule has 1 aromatic heterocycles. The van der Waals surface area contributed by atoms with Crippen molar-refractivity contribution in [3.05, 3.63) is 24.3 Å². The van der Waals surface area contributed by atoms with Crippen LogP contribution in [-0.4, -0.2) is 39.6 Å². The van der Waals surface area contributed by atoms with Crippen LogP contribution in [0.3, 0.4) is 0 Å². The van der Waals surface area contributed by atoms with Gasteiger partial charge >= 0.3 is 0 Å². The highest BCUT2D eigenvalue weighted by Crippen LogP contribution is 2.30. The molecular formula is C17H25N3O2. The number of ketones is 1. The van der Waals surface area contributed by atoms with Crippen LogP contribution < -0.4 is 0 Å². The summed E-state index contributed by atoms with van der Waals surface area (Å²) >= 11 is 0. The molecule has 0 radical (unpaired) electrons. The fraction of sp³-hybridized carbons (Fsp3) is 0.647. The smallest absolute Gasteiger partial charge is 0.274 e. The topological polar surface area (TPSA) is 63.2 Å². The van der Waals surface area contributed by atoms with Gasteiger partial charge in [-0.3, -0.25) is 14.6 Å². The number of rotatable bonds is 5. The fourth-order valence-corrected chi connectivity index (χ4v) is 3.25. The first-order chi connectivity index (χ1) is 10.5. The third-order valence-corrected chi connectivity index (χ3v) is 4.48. The molecule has 1 heterocycles. The first-order valence-electron chi connectivity index (χ1n) is 8.09. The van der Waals surface area contributed by atoms with E-state index in [1.807, 2.05) is 13.8 Å². The molecule has 0 spiro atoms. The van der Waals surface area contributed by atoms with Crippen molar-refractivity contribution >= 4 is 11.7 Å². The molecule has 1 amide bonds.